The van der Waals surface area contributed by atoms with Crippen LogP contribution in [0, 0.1) is 11.6 Å². The van der Waals surface area contributed by atoms with Crippen molar-refractivity contribution < 1.29 is 18.6 Å². The summed E-state index contributed by atoms with van der Waals surface area (Å²) in [4.78, 5) is 0. The molecule has 0 radical (unpaired) electrons. The summed E-state index contributed by atoms with van der Waals surface area (Å²) in [5.41, 5.74) is -1.35. The van der Waals surface area contributed by atoms with E-state index in [1.54, 1.807) is 0 Å². The van der Waals surface area contributed by atoms with Crippen LogP contribution in [0.15, 0.2) is 10.5 Å². The number of rotatable bonds is 2. The van der Waals surface area contributed by atoms with E-state index in [1.807, 2.05) is 0 Å². The van der Waals surface area contributed by atoms with E-state index in [-0.39, 0.29) is 11.3 Å². The van der Waals surface area contributed by atoms with E-state index in [0.29, 0.717) is 17.3 Å². The lowest BCUT2D eigenvalue weighted by Crippen LogP contribution is -2.11. The van der Waals surface area contributed by atoms with Crippen molar-refractivity contribution in [3.05, 3.63) is 27.7 Å². The number of aliphatic hydroxyl groups is 1. The van der Waals surface area contributed by atoms with Gasteiger partial charge < -0.3 is 9.84 Å². The topological polar surface area (TPSA) is 29.5 Å². The molecule has 2 nitrogen and oxygen atoms in total. The fraction of sp³-hybridized carbons (Fsp3) is 0.400. The Labute approximate surface area is 94.0 Å². The Kier molecular flexibility index (Phi) is 2.47. The van der Waals surface area contributed by atoms with E-state index >= 15 is 0 Å². The van der Waals surface area contributed by atoms with Gasteiger partial charge in [-0.2, -0.15) is 0 Å². The van der Waals surface area contributed by atoms with Gasteiger partial charge in [0, 0.05) is 0 Å². The maximum Gasteiger partial charge on any atom is 0.168 e. The fourth-order valence-corrected chi connectivity index (χ4v) is 2.12. The van der Waals surface area contributed by atoms with Gasteiger partial charge in [-0.25, -0.2) is 8.78 Å². The summed E-state index contributed by atoms with van der Waals surface area (Å²) in [6, 6.07) is 0.989. The van der Waals surface area contributed by atoms with Crippen molar-refractivity contribution in [2.75, 3.05) is 7.11 Å². The van der Waals surface area contributed by atoms with Crippen LogP contribution in [0.5, 0.6) is 5.75 Å². The Morgan fingerprint density at radius 2 is 2.07 bits per heavy atom. The molecule has 0 bridgehead atoms. The van der Waals surface area contributed by atoms with E-state index in [9.17, 15) is 13.9 Å². The monoisotopic (exact) mass is 278 g/mol. The smallest absolute Gasteiger partial charge is 0.168 e. The summed E-state index contributed by atoms with van der Waals surface area (Å²) in [5.74, 6) is -1.86. The Balaban J connectivity index is 2.68. The van der Waals surface area contributed by atoms with Gasteiger partial charge in [0.1, 0.15) is 5.75 Å². The molecule has 1 fully saturated rings. The predicted octanol–water partition coefficient (Wildman–Crippen LogP) is 2.72. The lowest BCUT2D eigenvalue weighted by molar-refractivity contribution is 0.141. The summed E-state index contributed by atoms with van der Waals surface area (Å²) in [6.45, 7) is 0. The van der Waals surface area contributed by atoms with E-state index in [0.717, 1.165) is 6.07 Å². The molecule has 0 unspecified atom stereocenters. The molecule has 1 aliphatic carbocycles. The highest BCUT2D eigenvalue weighted by Gasteiger charge is 2.47. The number of benzene rings is 1. The zero-order valence-corrected chi connectivity index (χ0v) is 9.57. The van der Waals surface area contributed by atoms with Crippen molar-refractivity contribution in [2.24, 2.45) is 0 Å². The Morgan fingerprint density at radius 3 is 2.53 bits per heavy atom. The Hall–Kier alpha value is -0.680. The number of halogens is 3. The van der Waals surface area contributed by atoms with Gasteiger partial charge in [-0.05, 0) is 34.8 Å². The molecule has 0 aliphatic heterocycles. The number of methoxy groups -OCH3 is 1. The number of hydrogen-bond donors (Lipinski definition) is 1. The minimum Gasteiger partial charge on any atom is -0.495 e. The van der Waals surface area contributed by atoms with Crippen molar-refractivity contribution in [1.82, 2.24) is 0 Å². The largest absolute Gasteiger partial charge is 0.495 e. The van der Waals surface area contributed by atoms with Crippen LogP contribution in [-0.4, -0.2) is 12.2 Å². The zero-order chi connectivity index (χ0) is 11.2. The SMILES string of the molecule is COc1c(Br)cc(F)c(F)c1C1(O)CC1. The predicted molar refractivity (Wildman–Crippen MR) is 53.7 cm³/mol. The molecule has 15 heavy (non-hydrogen) atoms. The lowest BCUT2D eigenvalue weighted by Gasteiger charge is -2.16. The first kappa shape index (κ1) is 10.8. The molecular weight excluding hydrogens is 270 g/mol. The molecule has 0 heterocycles. The molecule has 0 aromatic heterocycles. The standard InChI is InChI=1S/C10H9BrF2O2/c1-15-9-5(11)4-6(12)8(13)7(9)10(14)2-3-10/h4,14H,2-3H2,1H3. The third-order valence-corrected chi connectivity index (χ3v) is 3.11. The molecule has 0 atom stereocenters. The molecule has 1 saturated carbocycles. The maximum atomic E-state index is 13.5. The lowest BCUT2D eigenvalue weighted by atomic mass is 10.1. The minimum absolute atomic E-state index is 0.0862. The van der Waals surface area contributed by atoms with Crippen LogP contribution in [0.3, 0.4) is 0 Å². The molecule has 0 saturated heterocycles. The first-order valence-corrected chi connectivity index (χ1v) is 5.23. The second kappa shape index (κ2) is 3.42. The summed E-state index contributed by atoms with van der Waals surface area (Å²) < 4.78 is 31.9. The van der Waals surface area contributed by atoms with Gasteiger partial charge in [0.05, 0.1) is 22.7 Å². The van der Waals surface area contributed by atoms with Crippen molar-refractivity contribution in [1.29, 1.82) is 0 Å². The van der Waals surface area contributed by atoms with Crippen molar-refractivity contribution >= 4 is 15.9 Å². The molecule has 5 heteroatoms. The summed E-state index contributed by atoms with van der Waals surface area (Å²) in [5, 5.41) is 9.83. The maximum absolute atomic E-state index is 13.5. The molecule has 0 amide bonds. The highest BCUT2D eigenvalue weighted by Crippen LogP contribution is 2.51. The Morgan fingerprint density at radius 1 is 1.47 bits per heavy atom. The zero-order valence-electron chi connectivity index (χ0n) is 7.98. The molecule has 82 valence electrons. The average Bonchev–Trinajstić information content (AvgIpc) is 2.90. The number of hydrogen-bond acceptors (Lipinski definition) is 2. The van der Waals surface area contributed by atoms with Crippen LogP contribution in [0.25, 0.3) is 0 Å². The van der Waals surface area contributed by atoms with Gasteiger partial charge in [0.25, 0.3) is 0 Å². The van der Waals surface area contributed by atoms with Crippen LogP contribution >= 0.6 is 15.9 Å². The van der Waals surface area contributed by atoms with Gasteiger partial charge in [-0.1, -0.05) is 0 Å². The van der Waals surface area contributed by atoms with E-state index in [4.69, 9.17) is 4.74 Å². The number of ether oxygens (including phenoxy) is 1. The quantitative estimate of drug-likeness (QED) is 0.843. The van der Waals surface area contributed by atoms with Crippen LogP contribution in [-0.2, 0) is 5.60 Å². The summed E-state index contributed by atoms with van der Waals surface area (Å²) in [6.07, 6.45) is 0.854. The first-order chi connectivity index (χ1) is 6.99. The fourth-order valence-electron chi connectivity index (χ4n) is 1.56. The van der Waals surface area contributed by atoms with Crippen molar-refractivity contribution in [3.63, 3.8) is 0 Å². The van der Waals surface area contributed by atoms with Gasteiger partial charge in [-0.3, -0.25) is 0 Å². The van der Waals surface area contributed by atoms with E-state index in [2.05, 4.69) is 15.9 Å². The molecule has 2 rings (SSSR count). The molecule has 1 aliphatic rings. The minimum atomic E-state index is -1.26. The second-order valence-electron chi connectivity index (χ2n) is 3.59. The van der Waals surface area contributed by atoms with Gasteiger partial charge in [0.2, 0.25) is 0 Å². The average molecular weight is 279 g/mol. The Bertz CT molecular complexity index is 416. The third-order valence-electron chi connectivity index (χ3n) is 2.52. The van der Waals surface area contributed by atoms with E-state index in [1.165, 1.54) is 7.11 Å². The normalized spacial score (nSPS) is 17.7. The molecule has 1 aromatic rings. The highest BCUT2D eigenvalue weighted by molar-refractivity contribution is 9.10. The van der Waals surface area contributed by atoms with Gasteiger partial charge in [0.15, 0.2) is 11.6 Å². The molecule has 1 N–H and O–H groups in total. The second-order valence-corrected chi connectivity index (χ2v) is 4.45. The highest BCUT2D eigenvalue weighted by atomic mass is 79.9. The molecule has 1 aromatic carbocycles. The molecular formula is C10H9BrF2O2. The van der Waals surface area contributed by atoms with Gasteiger partial charge >= 0.3 is 0 Å². The van der Waals surface area contributed by atoms with Crippen molar-refractivity contribution in [3.8, 4) is 5.75 Å². The van der Waals surface area contributed by atoms with Crippen LogP contribution in [0.2, 0.25) is 0 Å². The van der Waals surface area contributed by atoms with E-state index < -0.39 is 17.2 Å². The van der Waals surface area contributed by atoms with Crippen molar-refractivity contribution in [2.45, 2.75) is 18.4 Å². The summed E-state index contributed by atoms with van der Waals surface area (Å²) >= 11 is 3.07. The summed E-state index contributed by atoms with van der Waals surface area (Å²) in [7, 11) is 1.35. The van der Waals surface area contributed by atoms with Crippen LogP contribution in [0.1, 0.15) is 18.4 Å². The van der Waals surface area contributed by atoms with Crippen LogP contribution in [0.4, 0.5) is 8.78 Å². The van der Waals surface area contributed by atoms with Gasteiger partial charge in [-0.15, -0.1) is 0 Å². The molecule has 0 spiro atoms. The third kappa shape index (κ3) is 1.63. The van der Waals surface area contributed by atoms with Crippen LogP contribution < -0.4 is 4.74 Å². The first-order valence-electron chi connectivity index (χ1n) is 4.44.